The zero-order valence-electron chi connectivity index (χ0n) is 12.4. The van der Waals surface area contributed by atoms with E-state index >= 15 is 0 Å². The molecule has 0 saturated heterocycles. The molecule has 0 saturated carbocycles. The van der Waals surface area contributed by atoms with Crippen molar-refractivity contribution in [2.24, 2.45) is 0 Å². The lowest BCUT2D eigenvalue weighted by atomic mass is 10.3. The summed E-state index contributed by atoms with van der Waals surface area (Å²) in [5.41, 5.74) is 2.69. The third-order valence-corrected chi connectivity index (χ3v) is 3.01. The van der Waals surface area contributed by atoms with Gasteiger partial charge < -0.3 is 10.1 Å². The highest BCUT2D eigenvalue weighted by Gasteiger charge is 2.14. The average molecular weight is 279 g/mol. The molecule has 0 aliphatic carbocycles. The molecule has 0 bridgehead atoms. The quantitative estimate of drug-likeness (QED) is 0.797. The van der Waals surface area contributed by atoms with Gasteiger partial charge in [0, 0.05) is 19.7 Å². The van der Waals surface area contributed by atoms with Crippen molar-refractivity contribution < 1.29 is 9.53 Å². The Morgan fingerprint density at radius 3 is 2.85 bits per heavy atom. The lowest BCUT2D eigenvalue weighted by Crippen LogP contribution is -2.30. The van der Waals surface area contributed by atoms with E-state index < -0.39 is 0 Å². The first-order valence-corrected chi connectivity index (χ1v) is 6.70. The van der Waals surface area contributed by atoms with Gasteiger partial charge in [-0.2, -0.15) is 10.2 Å². The zero-order valence-corrected chi connectivity index (χ0v) is 12.4. The number of hydrogen-bond acceptors (Lipinski definition) is 4. The number of nitrogens with zero attached hydrogens (tertiary/aromatic N) is 4. The van der Waals surface area contributed by atoms with Gasteiger partial charge in [0.25, 0.3) is 0 Å². The van der Waals surface area contributed by atoms with Crippen molar-refractivity contribution in [3.05, 3.63) is 11.9 Å². The van der Waals surface area contributed by atoms with Crippen LogP contribution >= 0.6 is 0 Å². The second-order valence-corrected chi connectivity index (χ2v) is 5.03. The normalized spacial score (nSPS) is 11.4. The van der Waals surface area contributed by atoms with Crippen molar-refractivity contribution in [1.82, 2.24) is 24.9 Å². The predicted octanol–water partition coefficient (Wildman–Crippen LogP) is 0.885. The van der Waals surface area contributed by atoms with E-state index in [0.29, 0.717) is 13.2 Å². The standard InChI is InChI=1S/C13H21N5O2/c1-9(2)18-11-7-17(16-13(11)10(3)15-18)8-12(19)14-5-6-20-4/h7,9H,5-6,8H2,1-4H3,(H,14,19). The van der Waals surface area contributed by atoms with Crippen LogP contribution in [-0.2, 0) is 16.1 Å². The first-order chi connectivity index (χ1) is 9.52. The molecule has 0 aromatic carbocycles. The van der Waals surface area contributed by atoms with E-state index in [2.05, 4.69) is 29.4 Å². The summed E-state index contributed by atoms with van der Waals surface area (Å²) >= 11 is 0. The number of nitrogens with one attached hydrogen (secondary N) is 1. The second-order valence-electron chi connectivity index (χ2n) is 5.03. The maximum Gasteiger partial charge on any atom is 0.241 e. The number of amides is 1. The molecule has 0 fully saturated rings. The molecule has 0 unspecified atom stereocenters. The zero-order chi connectivity index (χ0) is 14.7. The number of hydrogen-bond donors (Lipinski definition) is 1. The van der Waals surface area contributed by atoms with E-state index in [4.69, 9.17) is 4.74 Å². The summed E-state index contributed by atoms with van der Waals surface area (Å²) < 4.78 is 8.47. The SMILES string of the molecule is COCCNC(=O)Cn1cc2c(n1)c(C)nn2C(C)C. The molecule has 2 aromatic heterocycles. The average Bonchev–Trinajstić information content (AvgIpc) is 2.90. The molecule has 2 heterocycles. The third-order valence-electron chi connectivity index (χ3n) is 3.01. The lowest BCUT2D eigenvalue weighted by Gasteiger charge is -2.06. The summed E-state index contributed by atoms with van der Waals surface area (Å²) in [4.78, 5) is 11.7. The number of ether oxygens (including phenoxy) is 1. The van der Waals surface area contributed by atoms with Crippen molar-refractivity contribution in [3.63, 3.8) is 0 Å². The molecule has 20 heavy (non-hydrogen) atoms. The predicted molar refractivity (Wildman–Crippen MR) is 75.5 cm³/mol. The Morgan fingerprint density at radius 2 is 2.20 bits per heavy atom. The Bertz CT molecular complexity index is 599. The van der Waals surface area contributed by atoms with E-state index in [-0.39, 0.29) is 18.5 Å². The molecular formula is C13H21N5O2. The molecule has 0 radical (unpaired) electrons. The van der Waals surface area contributed by atoms with Crippen molar-refractivity contribution >= 4 is 16.9 Å². The minimum Gasteiger partial charge on any atom is -0.383 e. The summed E-state index contributed by atoms with van der Waals surface area (Å²) in [6.07, 6.45) is 1.87. The minimum absolute atomic E-state index is 0.0751. The van der Waals surface area contributed by atoms with Crippen molar-refractivity contribution in [2.75, 3.05) is 20.3 Å². The van der Waals surface area contributed by atoms with Crippen LogP contribution in [0.2, 0.25) is 0 Å². The highest BCUT2D eigenvalue weighted by atomic mass is 16.5. The number of rotatable bonds is 6. The molecule has 7 heteroatoms. The van der Waals surface area contributed by atoms with Crippen LogP contribution in [0, 0.1) is 6.92 Å². The number of aromatic nitrogens is 4. The fraction of sp³-hybridized carbons (Fsp3) is 0.615. The first-order valence-electron chi connectivity index (χ1n) is 6.70. The molecule has 0 spiro atoms. The number of carbonyl (C=O) groups excluding carboxylic acids is 1. The lowest BCUT2D eigenvalue weighted by molar-refractivity contribution is -0.122. The van der Waals surface area contributed by atoms with E-state index in [1.165, 1.54) is 0 Å². The molecule has 0 aliphatic rings. The number of fused-ring (bicyclic) bond motifs is 1. The Labute approximate surface area is 117 Å². The maximum absolute atomic E-state index is 11.7. The van der Waals surface area contributed by atoms with Gasteiger partial charge in [0.15, 0.2) is 0 Å². The van der Waals surface area contributed by atoms with Crippen LogP contribution in [0.15, 0.2) is 6.20 Å². The van der Waals surface area contributed by atoms with Gasteiger partial charge in [0.05, 0.1) is 18.5 Å². The first kappa shape index (κ1) is 14.5. The van der Waals surface area contributed by atoms with Crippen molar-refractivity contribution in [3.8, 4) is 0 Å². The minimum atomic E-state index is -0.0751. The van der Waals surface area contributed by atoms with Crippen molar-refractivity contribution in [2.45, 2.75) is 33.4 Å². The van der Waals surface area contributed by atoms with Gasteiger partial charge >= 0.3 is 0 Å². The summed E-state index contributed by atoms with van der Waals surface area (Å²) in [6, 6.07) is 0.263. The van der Waals surface area contributed by atoms with Crippen LogP contribution in [-0.4, -0.2) is 45.7 Å². The smallest absolute Gasteiger partial charge is 0.241 e. The molecule has 2 aromatic rings. The van der Waals surface area contributed by atoms with Crippen LogP contribution in [0.3, 0.4) is 0 Å². The highest BCUT2D eigenvalue weighted by molar-refractivity contribution is 5.79. The Morgan fingerprint density at radius 1 is 1.45 bits per heavy atom. The fourth-order valence-electron chi connectivity index (χ4n) is 2.07. The van der Waals surface area contributed by atoms with E-state index in [0.717, 1.165) is 16.7 Å². The van der Waals surface area contributed by atoms with Gasteiger partial charge in [-0.3, -0.25) is 14.2 Å². The van der Waals surface area contributed by atoms with Gasteiger partial charge in [-0.25, -0.2) is 0 Å². The summed E-state index contributed by atoms with van der Waals surface area (Å²) in [6.45, 7) is 7.29. The van der Waals surface area contributed by atoms with Crippen LogP contribution in [0.4, 0.5) is 0 Å². The molecule has 1 N–H and O–H groups in total. The van der Waals surface area contributed by atoms with Crippen LogP contribution in [0.5, 0.6) is 0 Å². The Kier molecular flexibility index (Phi) is 4.39. The molecular weight excluding hydrogens is 258 g/mol. The maximum atomic E-state index is 11.7. The van der Waals surface area contributed by atoms with Crippen molar-refractivity contribution in [1.29, 1.82) is 0 Å². The fourth-order valence-corrected chi connectivity index (χ4v) is 2.07. The largest absolute Gasteiger partial charge is 0.383 e. The van der Waals surface area contributed by atoms with Gasteiger partial charge in [-0.15, -0.1) is 0 Å². The van der Waals surface area contributed by atoms with Gasteiger partial charge in [0.1, 0.15) is 17.6 Å². The molecule has 110 valence electrons. The van der Waals surface area contributed by atoms with E-state index in [1.54, 1.807) is 11.8 Å². The summed E-state index contributed by atoms with van der Waals surface area (Å²) in [7, 11) is 1.60. The van der Waals surface area contributed by atoms with E-state index in [9.17, 15) is 4.79 Å². The number of carbonyl (C=O) groups is 1. The molecule has 7 nitrogen and oxygen atoms in total. The van der Waals surface area contributed by atoms with Gasteiger partial charge in [0.2, 0.25) is 5.91 Å². The van der Waals surface area contributed by atoms with Gasteiger partial charge in [-0.05, 0) is 20.8 Å². The molecule has 0 atom stereocenters. The monoisotopic (exact) mass is 279 g/mol. The number of aryl methyl sites for hydroxylation is 1. The molecule has 0 aliphatic heterocycles. The topological polar surface area (TPSA) is 74.0 Å². The second kappa shape index (κ2) is 6.04. The number of methoxy groups -OCH3 is 1. The molecule has 2 rings (SSSR count). The highest BCUT2D eigenvalue weighted by Crippen LogP contribution is 2.19. The van der Waals surface area contributed by atoms with E-state index in [1.807, 2.05) is 17.8 Å². The molecule has 1 amide bonds. The Hall–Kier alpha value is -1.89. The Balaban J connectivity index is 2.12. The van der Waals surface area contributed by atoms with Crippen LogP contribution in [0.25, 0.3) is 11.0 Å². The summed E-state index contributed by atoms with van der Waals surface area (Å²) in [5, 5.41) is 11.7. The van der Waals surface area contributed by atoms with Crippen LogP contribution < -0.4 is 5.32 Å². The summed E-state index contributed by atoms with van der Waals surface area (Å²) in [5.74, 6) is -0.0751. The van der Waals surface area contributed by atoms with Gasteiger partial charge in [-0.1, -0.05) is 0 Å². The van der Waals surface area contributed by atoms with Crippen LogP contribution in [0.1, 0.15) is 25.6 Å². The third kappa shape index (κ3) is 2.98.